The van der Waals surface area contributed by atoms with Crippen molar-refractivity contribution in [3.05, 3.63) is 87.7 Å². The molecular formula is C24H24ClN3O3. The lowest BCUT2D eigenvalue weighted by atomic mass is 10.1. The van der Waals surface area contributed by atoms with Crippen LogP contribution < -0.4 is 5.32 Å². The summed E-state index contributed by atoms with van der Waals surface area (Å²) in [5, 5.41) is 7.57. The molecule has 0 aliphatic rings. The van der Waals surface area contributed by atoms with Crippen molar-refractivity contribution in [3.8, 4) is 0 Å². The summed E-state index contributed by atoms with van der Waals surface area (Å²) >= 11 is 6.44. The third-order valence-corrected chi connectivity index (χ3v) is 5.21. The van der Waals surface area contributed by atoms with Gasteiger partial charge in [-0.1, -0.05) is 48.0 Å². The average molecular weight is 438 g/mol. The fraction of sp³-hybridized carbons (Fsp3) is 0.208. The highest BCUT2D eigenvalue weighted by Gasteiger charge is 2.12. The molecule has 1 N–H and O–H groups in total. The Morgan fingerprint density at radius 2 is 1.84 bits per heavy atom. The van der Waals surface area contributed by atoms with Crippen LogP contribution in [0.5, 0.6) is 0 Å². The summed E-state index contributed by atoms with van der Waals surface area (Å²) in [6, 6.07) is 15.4. The second kappa shape index (κ2) is 10.1. The first-order valence-electron chi connectivity index (χ1n) is 9.82. The van der Waals surface area contributed by atoms with Gasteiger partial charge in [-0.2, -0.15) is 5.10 Å². The van der Waals surface area contributed by atoms with E-state index in [1.54, 1.807) is 16.8 Å². The predicted octanol–water partition coefficient (Wildman–Crippen LogP) is 4.71. The Morgan fingerprint density at radius 3 is 2.55 bits per heavy atom. The molecule has 0 saturated carbocycles. The predicted molar refractivity (Wildman–Crippen MR) is 122 cm³/mol. The molecular weight excluding hydrogens is 414 g/mol. The molecule has 31 heavy (non-hydrogen) atoms. The Morgan fingerprint density at radius 1 is 1.10 bits per heavy atom. The molecule has 160 valence electrons. The van der Waals surface area contributed by atoms with E-state index in [2.05, 4.69) is 10.4 Å². The number of carbonyl (C=O) groups is 2. The third-order valence-electron chi connectivity index (χ3n) is 4.81. The number of amides is 1. The molecule has 1 heterocycles. The van der Waals surface area contributed by atoms with Crippen LogP contribution in [-0.4, -0.2) is 28.3 Å². The molecule has 3 aromatic rings. The Hall–Kier alpha value is -3.38. The van der Waals surface area contributed by atoms with E-state index in [1.165, 1.54) is 6.08 Å². The van der Waals surface area contributed by atoms with Crippen molar-refractivity contribution in [3.63, 3.8) is 0 Å². The Labute approximate surface area is 186 Å². The van der Waals surface area contributed by atoms with Crippen molar-refractivity contribution in [1.29, 1.82) is 0 Å². The van der Waals surface area contributed by atoms with Gasteiger partial charge >= 0.3 is 5.97 Å². The van der Waals surface area contributed by atoms with E-state index in [0.717, 1.165) is 16.7 Å². The molecule has 2 aromatic carbocycles. The summed E-state index contributed by atoms with van der Waals surface area (Å²) in [5.74, 6) is -1.04. The maximum absolute atomic E-state index is 12.0. The first-order chi connectivity index (χ1) is 14.8. The largest absolute Gasteiger partial charge is 0.452 e. The van der Waals surface area contributed by atoms with Crippen LogP contribution in [0.15, 0.2) is 54.6 Å². The van der Waals surface area contributed by atoms with E-state index >= 15 is 0 Å². The van der Waals surface area contributed by atoms with E-state index in [0.29, 0.717) is 28.6 Å². The Balaban J connectivity index is 1.56. The first-order valence-corrected chi connectivity index (χ1v) is 10.2. The molecule has 0 saturated heterocycles. The molecule has 1 aromatic heterocycles. The number of aryl methyl sites for hydroxylation is 3. The molecule has 0 bridgehead atoms. The smallest absolute Gasteiger partial charge is 0.331 e. The summed E-state index contributed by atoms with van der Waals surface area (Å²) in [6.07, 6.45) is 2.79. The number of hydrogen-bond acceptors (Lipinski definition) is 4. The summed E-state index contributed by atoms with van der Waals surface area (Å²) in [6.45, 7) is 5.92. The van der Waals surface area contributed by atoms with Gasteiger partial charge in [-0.15, -0.1) is 0 Å². The van der Waals surface area contributed by atoms with Gasteiger partial charge in [-0.05, 0) is 55.7 Å². The zero-order valence-corrected chi connectivity index (χ0v) is 18.4. The molecule has 3 rings (SSSR count). The van der Waals surface area contributed by atoms with E-state index in [4.69, 9.17) is 16.3 Å². The van der Waals surface area contributed by atoms with Gasteiger partial charge in [0.15, 0.2) is 6.61 Å². The molecule has 0 spiro atoms. The molecule has 0 aliphatic carbocycles. The number of carbonyl (C=O) groups excluding carboxylic acids is 2. The normalized spacial score (nSPS) is 11.0. The highest BCUT2D eigenvalue weighted by Crippen LogP contribution is 2.22. The minimum absolute atomic E-state index is 0.379. The number of hydrogen-bond donors (Lipinski definition) is 1. The minimum Gasteiger partial charge on any atom is -0.452 e. The lowest BCUT2D eigenvalue weighted by Crippen LogP contribution is -2.20. The lowest BCUT2D eigenvalue weighted by Gasteiger charge is -2.07. The minimum atomic E-state index is -0.637. The van der Waals surface area contributed by atoms with Crippen molar-refractivity contribution in [2.75, 3.05) is 11.9 Å². The molecule has 0 aliphatic heterocycles. The van der Waals surface area contributed by atoms with Gasteiger partial charge in [-0.25, -0.2) is 9.48 Å². The Kier molecular flexibility index (Phi) is 7.26. The molecule has 6 nitrogen and oxygen atoms in total. The summed E-state index contributed by atoms with van der Waals surface area (Å²) in [5.41, 5.74) is 5.25. The zero-order valence-electron chi connectivity index (χ0n) is 17.7. The summed E-state index contributed by atoms with van der Waals surface area (Å²) < 4.78 is 6.70. The van der Waals surface area contributed by atoms with Crippen LogP contribution in [-0.2, 0) is 20.9 Å². The molecule has 0 fully saturated rings. The monoisotopic (exact) mass is 437 g/mol. The molecule has 1 amide bonds. The van der Waals surface area contributed by atoms with Gasteiger partial charge in [0, 0.05) is 17.3 Å². The second-order valence-electron chi connectivity index (χ2n) is 7.22. The van der Waals surface area contributed by atoms with Crippen LogP contribution in [0.1, 0.15) is 27.9 Å². The van der Waals surface area contributed by atoms with Crippen LogP contribution in [0.2, 0.25) is 5.15 Å². The van der Waals surface area contributed by atoms with Crippen LogP contribution in [0.25, 0.3) is 6.08 Å². The fourth-order valence-electron chi connectivity index (χ4n) is 2.97. The number of anilines is 1. The Bertz CT molecular complexity index is 1120. The van der Waals surface area contributed by atoms with E-state index in [-0.39, 0.29) is 6.61 Å². The van der Waals surface area contributed by atoms with Gasteiger partial charge in [0.05, 0.1) is 12.2 Å². The summed E-state index contributed by atoms with van der Waals surface area (Å²) in [7, 11) is 0. The van der Waals surface area contributed by atoms with Gasteiger partial charge in [0.1, 0.15) is 5.15 Å². The van der Waals surface area contributed by atoms with E-state index in [1.807, 2.05) is 63.2 Å². The highest BCUT2D eigenvalue weighted by atomic mass is 35.5. The molecule has 0 unspecified atom stereocenters. The van der Waals surface area contributed by atoms with E-state index < -0.39 is 11.9 Å². The third kappa shape index (κ3) is 6.06. The van der Waals surface area contributed by atoms with Crippen LogP contribution in [0.3, 0.4) is 0 Å². The second-order valence-corrected chi connectivity index (χ2v) is 7.58. The number of benzene rings is 2. The number of halogens is 1. The van der Waals surface area contributed by atoms with Gasteiger partial charge in [-0.3, -0.25) is 4.79 Å². The van der Waals surface area contributed by atoms with Crippen molar-refractivity contribution in [2.24, 2.45) is 0 Å². The number of nitrogens with one attached hydrogen (secondary N) is 1. The quantitative estimate of drug-likeness (QED) is 0.429. The number of esters is 1. The fourth-order valence-corrected chi connectivity index (χ4v) is 3.27. The number of ether oxygens (including phenoxy) is 1. The molecule has 7 heteroatoms. The first kappa shape index (κ1) is 22.3. The van der Waals surface area contributed by atoms with Crippen LogP contribution in [0.4, 0.5) is 5.69 Å². The molecule has 0 radical (unpaired) electrons. The van der Waals surface area contributed by atoms with Crippen LogP contribution in [0, 0.1) is 20.8 Å². The van der Waals surface area contributed by atoms with Crippen molar-refractivity contribution in [2.45, 2.75) is 27.3 Å². The summed E-state index contributed by atoms with van der Waals surface area (Å²) in [4.78, 5) is 24.1. The average Bonchev–Trinajstić information content (AvgIpc) is 3.01. The standard InChI is InChI=1S/C24H24ClN3O3/c1-16-9-10-20(13-17(16)2)26-22(29)15-31-23(30)12-11-21-18(3)27-28(24(21)25)14-19-7-5-4-6-8-19/h4-13H,14-15H2,1-3H3,(H,26,29). The van der Waals surface area contributed by atoms with E-state index in [9.17, 15) is 9.59 Å². The van der Waals surface area contributed by atoms with Gasteiger partial charge < -0.3 is 10.1 Å². The van der Waals surface area contributed by atoms with Crippen molar-refractivity contribution in [1.82, 2.24) is 9.78 Å². The maximum Gasteiger partial charge on any atom is 0.331 e. The van der Waals surface area contributed by atoms with Gasteiger partial charge in [0.2, 0.25) is 0 Å². The molecule has 0 atom stereocenters. The lowest BCUT2D eigenvalue weighted by molar-refractivity contribution is -0.142. The van der Waals surface area contributed by atoms with Gasteiger partial charge in [0.25, 0.3) is 5.91 Å². The van der Waals surface area contributed by atoms with Crippen molar-refractivity contribution < 1.29 is 14.3 Å². The van der Waals surface area contributed by atoms with Crippen LogP contribution >= 0.6 is 11.6 Å². The number of aromatic nitrogens is 2. The highest BCUT2D eigenvalue weighted by molar-refractivity contribution is 6.31. The maximum atomic E-state index is 12.0. The zero-order chi connectivity index (χ0) is 22.4. The SMILES string of the molecule is Cc1ccc(NC(=O)COC(=O)C=Cc2c(C)nn(Cc3ccccc3)c2Cl)cc1C. The van der Waals surface area contributed by atoms with Crippen molar-refractivity contribution >= 4 is 35.2 Å². The number of nitrogens with zero attached hydrogens (tertiary/aromatic N) is 2. The topological polar surface area (TPSA) is 73.2 Å². The number of rotatable bonds is 7.